The zero-order chi connectivity index (χ0) is 13.2. The van der Waals surface area contributed by atoms with E-state index in [9.17, 15) is 5.11 Å². The summed E-state index contributed by atoms with van der Waals surface area (Å²) in [7, 11) is 0. The van der Waals surface area contributed by atoms with Crippen LogP contribution in [0.1, 0.15) is 16.5 Å². The Morgan fingerprint density at radius 3 is 2.58 bits per heavy atom. The largest absolute Gasteiger partial charge is 0.387 e. The van der Waals surface area contributed by atoms with Gasteiger partial charge in [0.25, 0.3) is 0 Å². The Morgan fingerprint density at radius 2 is 1.79 bits per heavy atom. The van der Waals surface area contributed by atoms with Crippen molar-refractivity contribution in [3.63, 3.8) is 0 Å². The average molecular weight is 333 g/mol. The zero-order valence-electron chi connectivity index (χ0n) is 10.2. The highest BCUT2D eigenvalue weighted by Gasteiger charge is 2.12. The second kappa shape index (κ2) is 5.45. The third kappa shape index (κ3) is 2.73. The molecule has 0 radical (unpaired) electrons. The Kier molecular flexibility index (Phi) is 3.69. The molecule has 96 valence electrons. The van der Waals surface area contributed by atoms with E-state index in [2.05, 4.69) is 46.3 Å². The predicted molar refractivity (Wildman–Crippen MR) is 84.6 cm³/mol. The summed E-state index contributed by atoms with van der Waals surface area (Å²) in [6.07, 6.45) is 0.205. The van der Waals surface area contributed by atoms with Crippen molar-refractivity contribution >= 4 is 38.0 Å². The summed E-state index contributed by atoms with van der Waals surface area (Å²) in [5.41, 5.74) is 1.19. The molecule has 19 heavy (non-hydrogen) atoms. The van der Waals surface area contributed by atoms with Crippen molar-refractivity contribution < 1.29 is 5.11 Å². The van der Waals surface area contributed by atoms with E-state index in [1.165, 1.54) is 16.3 Å². The first-order valence-corrected chi connectivity index (χ1v) is 7.75. The maximum atomic E-state index is 10.3. The van der Waals surface area contributed by atoms with Crippen LogP contribution >= 0.6 is 27.3 Å². The van der Waals surface area contributed by atoms with E-state index in [4.69, 9.17) is 0 Å². The van der Waals surface area contributed by atoms with Crippen LogP contribution in [0, 0.1) is 0 Å². The molecule has 0 aliphatic heterocycles. The molecule has 0 saturated heterocycles. The van der Waals surface area contributed by atoms with Crippen molar-refractivity contribution in [1.82, 2.24) is 0 Å². The first-order chi connectivity index (χ1) is 9.24. The van der Waals surface area contributed by atoms with E-state index in [-0.39, 0.29) is 0 Å². The lowest BCUT2D eigenvalue weighted by Crippen LogP contribution is -2.00. The predicted octanol–water partition coefficient (Wildman–Crippen LogP) is 4.94. The monoisotopic (exact) mass is 332 g/mol. The van der Waals surface area contributed by atoms with Crippen LogP contribution in [0.5, 0.6) is 0 Å². The Bertz CT molecular complexity index is 699. The van der Waals surface area contributed by atoms with E-state index in [0.29, 0.717) is 6.42 Å². The number of rotatable bonds is 3. The number of benzene rings is 2. The van der Waals surface area contributed by atoms with Gasteiger partial charge in [-0.05, 0) is 44.4 Å². The molecule has 3 aromatic rings. The van der Waals surface area contributed by atoms with Crippen molar-refractivity contribution in [1.29, 1.82) is 0 Å². The Morgan fingerprint density at radius 1 is 1.00 bits per heavy atom. The molecule has 0 aliphatic rings. The molecule has 1 unspecified atom stereocenters. The van der Waals surface area contributed by atoms with E-state index in [1.807, 2.05) is 24.3 Å². The summed E-state index contributed by atoms with van der Waals surface area (Å²) in [5, 5.41) is 12.8. The SMILES string of the molecule is OC(Cc1cccc2ccccc12)c1ccc(Br)s1. The molecular weight excluding hydrogens is 320 g/mol. The lowest BCUT2D eigenvalue weighted by molar-refractivity contribution is 0.182. The molecule has 3 rings (SSSR count). The minimum atomic E-state index is -0.442. The topological polar surface area (TPSA) is 20.2 Å². The Hall–Kier alpha value is -1.16. The summed E-state index contributed by atoms with van der Waals surface area (Å²) in [5.74, 6) is 0. The van der Waals surface area contributed by atoms with Gasteiger partial charge < -0.3 is 5.11 Å². The molecule has 0 spiro atoms. The third-order valence-corrected chi connectivity index (χ3v) is 4.94. The fraction of sp³-hybridized carbons (Fsp3) is 0.125. The summed E-state index contributed by atoms with van der Waals surface area (Å²) >= 11 is 5.02. The molecule has 0 fully saturated rings. The van der Waals surface area contributed by atoms with Gasteiger partial charge in [-0.15, -0.1) is 11.3 Å². The average Bonchev–Trinajstić information content (AvgIpc) is 2.86. The fourth-order valence-corrected chi connectivity index (χ4v) is 3.70. The van der Waals surface area contributed by atoms with Crippen LogP contribution in [-0.4, -0.2) is 5.11 Å². The minimum Gasteiger partial charge on any atom is -0.387 e. The first-order valence-electron chi connectivity index (χ1n) is 6.14. The van der Waals surface area contributed by atoms with E-state index < -0.39 is 6.10 Å². The number of hydrogen-bond acceptors (Lipinski definition) is 2. The molecule has 1 aromatic heterocycles. The Labute approximate surface area is 124 Å². The number of fused-ring (bicyclic) bond motifs is 1. The second-order valence-electron chi connectivity index (χ2n) is 4.50. The summed E-state index contributed by atoms with van der Waals surface area (Å²) < 4.78 is 1.06. The van der Waals surface area contributed by atoms with Gasteiger partial charge in [-0.2, -0.15) is 0 Å². The molecule has 1 N–H and O–H groups in total. The van der Waals surface area contributed by atoms with Gasteiger partial charge in [0.2, 0.25) is 0 Å². The van der Waals surface area contributed by atoms with Crippen LogP contribution in [0.4, 0.5) is 0 Å². The molecule has 1 heterocycles. The number of hydrogen-bond donors (Lipinski definition) is 1. The van der Waals surface area contributed by atoms with Crippen molar-refractivity contribution in [3.8, 4) is 0 Å². The number of aliphatic hydroxyl groups excluding tert-OH is 1. The van der Waals surface area contributed by atoms with Crippen molar-refractivity contribution in [2.75, 3.05) is 0 Å². The van der Waals surface area contributed by atoms with Crippen molar-refractivity contribution in [3.05, 3.63) is 68.8 Å². The molecule has 3 heteroatoms. The quantitative estimate of drug-likeness (QED) is 0.720. The van der Waals surface area contributed by atoms with Crippen LogP contribution in [0.2, 0.25) is 0 Å². The van der Waals surface area contributed by atoms with Gasteiger partial charge in [-0.1, -0.05) is 42.5 Å². The zero-order valence-corrected chi connectivity index (χ0v) is 12.6. The van der Waals surface area contributed by atoms with Crippen molar-refractivity contribution in [2.24, 2.45) is 0 Å². The van der Waals surface area contributed by atoms with E-state index in [1.54, 1.807) is 11.3 Å². The highest BCUT2D eigenvalue weighted by Crippen LogP contribution is 2.30. The van der Waals surface area contributed by atoms with E-state index >= 15 is 0 Å². The van der Waals surface area contributed by atoms with Crippen LogP contribution in [0.25, 0.3) is 10.8 Å². The van der Waals surface area contributed by atoms with Crippen LogP contribution < -0.4 is 0 Å². The van der Waals surface area contributed by atoms with Gasteiger partial charge in [0.15, 0.2) is 0 Å². The summed E-state index contributed by atoms with van der Waals surface area (Å²) in [4.78, 5) is 1.000. The van der Waals surface area contributed by atoms with Crippen LogP contribution in [0.3, 0.4) is 0 Å². The highest BCUT2D eigenvalue weighted by molar-refractivity contribution is 9.11. The first kappa shape index (κ1) is 12.9. The Balaban J connectivity index is 1.93. The van der Waals surface area contributed by atoms with Gasteiger partial charge >= 0.3 is 0 Å². The summed E-state index contributed by atoms with van der Waals surface area (Å²) in [6, 6.07) is 18.5. The van der Waals surface area contributed by atoms with Gasteiger partial charge in [0.1, 0.15) is 0 Å². The van der Waals surface area contributed by atoms with Crippen LogP contribution in [-0.2, 0) is 6.42 Å². The maximum Gasteiger partial charge on any atom is 0.0922 e. The molecule has 0 amide bonds. The number of aliphatic hydroxyl groups is 1. The van der Waals surface area contributed by atoms with Gasteiger partial charge in [-0.3, -0.25) is 0 Å². The smallest absolute Gasteiger partial charge is 0.0922 e. The number of thiophene rings is 1. The van der Waals surface area contributed by atoms with E-state index in [0.717, 1.165) is 8.66 Å². The van der Waals surface area contributed by atoms with Crippen LogP contribution in [0.15, 0.2) is 58.4 Å². The lowest BCUT2D eigenvalue weighted by Gasteiger charge is -2.11. The molecule has 1 nitrogen and oxygen atoms in total. The molecule has 0 bridgehead atoms. The fourth-order valence-electron chi connectivity index (χ4n) is 2.29. The minimum absolute atomic E-state index is 0.442. The van der Waals surface area contributed by atoms with Gasteiger partial charge in [0.05, 0.1) is 9.89 Å². The highest BCUT2D eigenvalue weighted by atomic mass is 79.9. The third-order valence-electron chi connectivity index (χ3n) is 3.22. The lowest BCUT2D eigenvalue weighted by atomic mass is 9.99. The maximum absolute atomic E-state index is 10.3. The molecular formula is C16H13BrOS. The van der Waals surface area contributed by atoms with Crippen molar-refractivity contribution in [2.45, 2.75) is 12.5 Å². The second-order valence-corrected chi connectivity index (χ2v) is 6.99. The number of halogens is 1. The molecule has 2 aromatic carbocycles. The summed E-state index contributed by atoms with van der Waals surface area (Å²) in [6.45, 7) is 0. The molecule has 1 atom stereocenters. The van der Waals surface area contributed by atoms with Gasteiger partial charge in [0, 0.05) is 11.3 Å². The normalized spacial score (nSPS) is 12.7. The van der Waals surface area contributed by atoms with Gasteiger partial charge in [-0.25, -0.2) is 0 Å². The standard InChI is InChI=1S/C16H13BrOS/c17-16-9-8-15(19-16)14(18)10-12-6-3-5-11-4-1-2-7-13(11)12/h1-9,14,18H,10H2. The molecule has 0 saturated carbocycles. The molecule has 0 aliphatic carbocycles.